The average Bonchev–Trinajstić information content (AvgIpc) is 3.43. The first-order chi connectivity index (χ1) is 15.7. The summed E-state index contributed by atoms with van der Waals surface area (Å²) in [4.78, 5) is 26.1. The molecule has 2 atom stereocenters. The maximum atomic E-state index is 13.1. The third-order valence-electron chi connectivity index (χ3n) is 6.33. The number of imidazole rings is 1. The molecule has 10 heteroatoms. The minimum atomic E-state index is -2.74. The molecule has 1 N–H and O–H groups in total. The van der Waals surface area contributed by atoms with E-state index in [0.29, 0.717) is 12.4 Å². The third-order valence-corrected chi connectivity index (χ3v) is 6.33. The zero-order chi connectivity index (χ0) is 23.4. The molecule has 0 aromatic carbocycles. The molecule has 4 heterocycles. The number of carbonyl (C=O) groups is 1. The van der Waals surface area contributed by atoms with Crippen LogP contribution in [-0.2, 0) is 10.2 Å². The lowest BCUT2D eigenvalue weighted by molar-refractivity contribution is -0.00627. The number of aromatic nitrogens is 4. The summed E-state index contributed by atoms with van der Waals surface area (Å²) < 4.78 is 39.5. The van der Waals surface area contributed by atoms with Crippen molar-refractivity contribution in [3.05, 3.63) is 47.5 Å². The fourth-order valence-electron chi connectivity index (χ4n) is 4.71. The Hall–Kier alpha value is -3.14. The first kappa shape index (κ1) is 21.7. The van der Waals surface area contributed by atoms with Gasteiger partial charge in [-0.25, -0.2) is 18.7 Å². The van der Waals surface area contributed by atoms with E-state index in [-0.39, 0.29) is 34.4 Å². The van der Waals surface area contributed by atoms with Gasteiger partial charge in [0.05, 0.1) is 24.0 Å². The van der Waals surface area contributed by atoms with Gasteiger partial charge in [0.25, 0.3) is 12.3 Å². The zero-order valence-corrected chi connectivity index (χ0v) is 18.6. The molecule has 2 fully saturated rings. The highest BCUT2D eigenvalue weighted by Crippen LogP contribution is 2.53. The Morgan fingerprint density at radius 2 is 2.03 bits per heavy atom. The van der Waals surface area contributed by atoms with Crippen molar-refractivity contribution in [1.29, 1.82) is 0 Å². The molecule has 0 radical (unpaired) electrons. The van der Waals surface area contributed by atoms with E-state index in [9.17, 15) is 13.6 Å². The number of amides is 1. The van der Waals surface area contributed by atoms with Gasteiger partial charge >= 0.3 is 0 Å². The molecule has 174 valence electrons. The van der Waals surface area contributed by atoms with Crippen LogP contribution in [0.25, 0.3) is 5.78 Å². The van der Waals surface area contributed by atoms with E-state index in [4.69, 9.17) is 14.5 Å². The zero-order valence-electron chi connectivity index (χ0n) is 18.6. The predicted octanol–water partition coefficient (Wildman–Crippen LogP) is 4.31. The summed E-state index contributed by atoms with van der Waals surface area (Å²) in [7, 11) is 0. The first-order valence-corrected chi connectivity index (χ1v) is 10.9. The van der Waals surface area contributed by atoms with Crippen molar-refractivity contribution in [2.24, 2.45) is 0 Å². The Morgan fingerprint density at radius 3 is 2.67 bits per heavy atom. The van der Waals surface area contributed by atoms with Crippen molar-refractivity contribution in [1.82, 2.24) is 19.4 Å². The predicted molar refractivity (Wildman–Crippen MR) is 116 cm³/mol. The van der Waals surface area contributed by atoms with Crippen LogP contribution >= 0.6 is 0 Å². The Kier molecular flexibility index (Phi) is 5.08. The van der Waals surface area contributed by atoms with Crippen LogP contribution in [0, 0.1) is 0 Å². The second kappa shape index (κ2) is 7.72. The van der Waals surface area contributed by atoms with Crippen molar-refractivity contribution >= 4 is 17.5 Å². The monoisotopic (exact) mass is 457 g/mol. The number of anilines is 1. The number of alkyl halides is 2. The lowest BCUT2D eigenvalue weighted by Gasteiger charge is -2.24. The normalized spacial score (nSPS) is 24.2. The van der Waals surface area contributed by atoms with Crippen LogP contribution in [0.3, 0.4) is 0 Å². The molecule has 8 nitrogen and oxygen atoms in total. The van der Waals surface area contributed by atoms with Crippen LogP contribution in [0.2, 0.25) is 0 Å². The maximum Gasteiger partial charge on any atom is 0.280 e. The molecule has 1 aliphatic carbocycles. The molecule has 2 aliphatic rings. The van der Waals surface area contributed by atoms with Crippen molar-refractivity contribution in [3.63, 3.8) is 0 Å². The van der Waals surface area contributed by atoms with Crippen LogP contribution in [0.5, 0.6) is 5.88 Å². The van der Waals surface area contributed by atoms with E-state index in [1.807, 2.05) is 20.0 Å². The summed E-state index contributed by atoms with van der Waals surface area (Å²) in [6.45, 7) is 6.39. The van der Waals surface area contributed by atoms with Gasteiger partial charge in [0.2, 0.25) is 11.7 Å². The van der Waals surface area contributed by atoms with Gasteiger partial charge in [0.15, 0.2) is 0 Å². The fraction of sp³-hybridized carbons (Fsp3) is 0.478. The molecule has 3 aromatic heterocycles. The van der Waals surface area contributed by atoms with Crippen molar-refractivity contribution < 1.29 is 23.0 Å². The van der Waals surface area contributed by atoms with Gasteiger partial charge in [-0.1, -0.05) is 6.07 Å². The Balaban J connectivity index is 1.50. The van der Waals surface area contributed by atoms with Gasteiger partial charge in [-0.2, -0.15) is 4.98 Å². The quantitative estimate of drug-likeness (QED) is 0.593. The van der Waals surface area contributed by atoms with Gasteiger partial charge in [-0.15, -0.1) is 0 Å². The number of nitrogens with one attached hydrogen (secondary N) is 1. The van der Waals surface area contributed by atoms with E-state index in [2.05, 4.69) is 22.2 Å². The number of pyridine rings is 1. The largest absolute Gasteiger partial charge is 0.474 e. The van der Waals surface area contributed by atoms with Crippen LogP contribution in [-0.4, -0.2) is 43.6 Å². The van der Waals surface area contributed by atoms with Crippen LogP contribution in [0.4, 0.5) is 14.6 Å². The number of fused-ring (bicyclic) bond motifs is 3. The van der Waals surface area contributed by atoms with Crippen molar-refractivity contribution in [2.45, 2.75) is 63.6 Å². The highest BCUT2D eigenvalue weighted by Gasteiger charge is 2.55. The van der Waals surface area contributed by atoms with E-state index in [1.54, 1.807) is 10.6 Å². The standard InChI is InChI=1S/C23H25F2N5O3/c1-13(2)33-20-14(19(31)28-17-6-4-5-15(26-17)18(24)25)9-30-10-16(27-21(30)29-20)23-8-7-22(3,11-23)32-12-23/h4-6,9-10,13,18H,7-8,11-12H2,1-3H3,(H,26,28,31). The van der Waals surface area contributed by atoms with Gasteiger partial charge in [0.1, 0.15) is 17.1 Å². The van der Waals surface area contributed by atoms with E-state index < -0.39 is 18.0 Å². The van der Waals surface area contributed by atoms with Gasteiger partial charge in [-0.05, 0) is 52.2 Å². The molecule has 1 saturated heterocycles. The molecular weight excluding hydrogens is 432 g/mol. The first-order valence-electron chi connectivity index (χ1n) is 10.9. The summed E-state index contributed by atoms with van der Waals surface area (Å²) in [5, 5.41) is 2.57. The lowest BCUT2D eigenvalue weighted by atomic mass is 9.84. The SMILES string of the molecule is CC(C)Oc1nc2nc(C34CCC(C)(C3)OC4)cn2cc1C(=O)Nc1cccc(C(F)F)n1. The van der Waals surface area contributed by atoms with Gasteiger partial charge in [0, 0.05) is 17.8 Å². The summed E-state index contributed by atoms with van der Waals surface area (Å²) in [6.07, 6.45) is 3.38. The average molecular weight is 457 g/mol. The number of nitrogens with zero attached hydrogens (tertiary/aromatic N) is 4. The fourth-order valence-corrected chi connectivity index (χ4v) is 4.71. The Labute approximate surface area is 189 Å². The second-order valence-electron chi connectivity index (χ2n) is 9.36. The number of carbonyl (C=O) groups excluding carboxylic acids is 1. The second-order valence-corrected chi connectivity index (χ2v) is 9.36. The number of hydrogen-bond acceptors (Lipinski definition) is 6. The van der Waals surface area contributed by atoms with Crippen molar-refractivity contribution in [2.75, 3.05) is 11.9 Å². The molecular formula is C23H25F2N5O3. The van der Waals surface area contributed by atoms with Crippen LogP contribution in [0.1, 0.15) is 68.2 Å². The molecule has 0 spiro atoms. The van der Waals surface area contributed by atoms with Crippen LogP contribution < -0.4 is 10.1 Å². The molecule has 33 heavy (non-hydrogen) atoms. The van der Waals surface area contributed by atoms with Crippen molar-refractivity contribution in [3.8, 4) is 5.88 Å². The van der Waals surface area contributed by atoms with Gasteiger partial charge in [-0.3, -0.25) is 9.20 Å². The molecule has 3 aromatic rings. The van der Waals surface area contributed by atoms with E-state index in [1.165, 1.54) is 18.2 Å². The summed E-state index contributed by atoms with van der Waals surface area (Å²) in [6, 6.07) is 4.07. The summed E-state index contributed by atoms with van der Waals surface area (Å²) in [5.41, 5.74) is 0.362. The highest BCUT2D eigenvalue weighted by atomic mass is 19.3. The smallest absolute Gasteiger partial charge is 0.280 e. The molecule has 2 bridgehead atoms. The number of rotatable bonds is 6. The lowest BCUT2D eigenvalue weighted by Crippen LogP contribution is -2.26. The Bertz CT molecular complexity index is 1220. The van der Waals surface area contributed by atoms with Crippen LogP contribution in [0.15, 0.2) is 30.6 Å². The highest BCUT2D eigenvalue weighted by molar-refractivity contribution is 6.05. The Morgan fingerprint density at radius 1 is 1.21 bits per heavy atom. The number of halogens is 2. The molecule has 1 saturated carbocycles. The number of ether oxygens (including phenoxy) is 2. The summed E-state index contributed by atoms with van der Waals surface area (Å²) >= 11 is 0. The maximum absolute atomic E-state index is 13.1. The molecule has 1 aliphatic heterocycles. The molecule has 5 rings (SSSR count). The van der Waals surface area contributed by atoms with E-state index in [0.717, 1.165) is 25.0 Å². The summed E-state index contributed by atoms with van der Waals surface area (Å²) in [5.74, 6) is -0.00420. The number of hydrogen-bond donors (Lipinski definition) is 1. The third kappa shape index (κ3) is 3.92. The van der Waals surface area contributed by atoms with E-state index >= 15 is 0 Å². The topological polar surface area (TPSA) is 90.6 Å². The minimum Gasteiger partial charge on any atom is -0.474 e. The van der Waals surface area contributed by atoms with Gasteiger partial charge < -0.3 is 14.8 Å². The molecule has 2 unspecified atom stereocenters. The minimum absolute atomic E-state index is 0.0203. The molecule has 1 amide bonds.